The van der Waals surface area contributed by atoms with E-state index in [0.717, 1.165) is 24.8 Å². The Kier molecular flexibility index (Phi) is 5.60. The lowest BCUT2D eigenvalue weighted by molar-refractivity contribution is -0.113. The topological polar surface area (TPSA) is 17.1 Å². The third-order valence-electron chi connectivity index (χ3n) is 5.43. The van der Waals surface area contributed by atoms with Gasteiger partial charge in [0.05, 0.1) is 0 Å². The van der Waals surface area contributed by atoms with E-state index in [0.29, 0.717) is 5.92 Å². The number of carbonyl (C=O) groups excluding carboxylic acids is 1. The van der Waals surface area contributed by atoms with Crippen molar-refractivity contribution in [3.63, 3.8) is 0 Å². The van der Waals surface area contributed by atoms with Crippen molar-refractivity contribution in [3.05, 3.63) is 100 Å². The van der Waals surface area contributed by atoms with Crippen LogP contribution in [0.2, 0.25) is 0 Å². The van der Waals surface area contributed by atoms with Crippen molar-refractivity contribution in [1.82, 2.24) is 0 Å². The third kappa shape index (κ3) is 4.03. The second-order valence-corrected chi connectivity index (χ2v) is 7.41. The highest BCUT2D eigenvalue weighted by Crippen LogP contribution is 2.35. The van der Waals surface area contributed by atoms with Crippen LogP contribution in [-0.4, -0.2) is 5.78 Å². The lowest BCUT2D eigenvalue weighted by Gasteiger charge is -2.09. The molecule has 4 rings (SSSR count). The van der Waals surface area contributed by atoms with Crippen LogP contribution in [0.4, 0.5) is 0 Å². The molecule has 1 aromatic rings. The number of fused-ring (bicyclic) bond motifs is 1. The molecular weight excluding hydrogens is 328 g/mol. The van der Waals surface area contributed by atoms with Gasteiger partial charge in [-0.2, -0.15) is 0 Å². The Morgan fingerprint density at radius 1 is 1.11 bits per heavy atom. The van der Waals surface area contributed by atoms with E-state index in [-0.39, 0.29) is 14.6 Å². The summed E-state index contributed by atoms with van der Waals surface area (Å²) in [6, 6.07) is 8.94. The zero-order valence-electron chi connectivity index (χ0n) is 15.5. The summed E-state index contributed by atoms with van der Waals surface area (Å²) in [7, 11) is 0. The van der Waals surface area contributed by atoms with Gasteiger partial charge >= 0.3 is 0 Å². The van der Waals surface area contributed by atoms with Crippen molar-refractivity contribution in [1.29, 1.82) is 0 Å². The van der Waals surface area contributed by atoms with Crippen LogP contribution in [0.5, 0.6) is 0 Å². The Balaban J connectivity index is 0.00000140. The van der Waals surface area contributed by atoms with E-state index >= 15 is 0 Å². The van der Waals surface area contributed by atoms with Gasteiger partial charge in [0.2, 0.25) is 0 Å². The molecule has 0 aromatic heterocycles. The maximum Gasteiger partial charge on any atom is 0.156 e. The van der Waals surface area contributed by atoms with Gasteiger partial charge in [0.15, 0.2) is 5.78 Å². The first-order valence-corrected chi connectivity index (χ1v) is 9.40. The molecule has 0 amide bonds. The lowest BCUT2D eigenvalue weighted by atomic mass is 9.96. The molecule has 0 radical (unpaired) electrons. The first-order valence-electron chi connectivity index (χ1n) is 9.40. The number of ketones is 1. The minimum absolute atomic E-state index is 0. The first-order chi connectivity index (χ1) is 12.6. The number of Topliss-reactive ketones (excluding diaryl/α,β-unsaturated/α-hetero) is 1. The summed E-state index contributed by atoms with van der Waals surface area (Å²) in [6.07, 6.45) is 18.1. The molecule has 0 saturated heterocycles. The van der Waals surface area contributed by atoms with Gasteiger partial charge in [-0.3, -0.25) is 4.79 Å². The number of carbonyl (C=O) groups is 1. The first kappa shape index (κ1) is 19.1. The highest BCUT2D eigenvalue weighted by atomic mass is 16.1. The van der Waals surface area contributed by atoms with E-state index < -0.39 is 0 Å². The summed E-state index contributed by atoms with van der Waals surface area (Å²) in [5, 5.41) is 0. The molecular formula is C26H30O. The van der Waals surface area contributed by atoms with Crippen LogP contribution in [0.3, 0.4) is 0 Å². The molecule has 27 heavy (non-hydrogen) atoms. The number of rotatable bonds is 4. The number of hydrogen-bond acceptors (Lipinski definition) is 1. The molecule has 1 nitrogen and oxygen atoms in total. The highest BCUT2D eigenvalue weighted by molar-refractivity contribution is 5.94. The van der Waals surface area contributed by atoms with Gasteiger partial charge in [-0.15, -0.1) is 0 Å². The average molecular weight is 359 g/mol. The van der Waals surface area contributed by atoms with Gasteiger partial charge in [0, 0.05) is 1.43 Å². The van der Waals surface area contributed by atoms with Gasteiger partial charge in [-0.05, 0) is 71.1 Å². The summed E-state index contributed by atoms with van der Waals surface area (Å²) in [5.74, 6) is 0.707. The molecule has 1 atom stereocenters. The Morgan fingerprint density at radius 3 is 2.56 bits per heavy atom. The van der Waals surface area contributed by atoms with Gasteiger partial charge in [-0.25, -0.2) is 0 Å². The van der Waals surface area contributed by atoms with Crippen LogP contribution in [0, 0.1) is 5.92 Å². The van der Waals surface area contributed by atoms with Crippen LogP contribution < -0.4 is 0 Å². The fourth-order valence-corrected chi connectivity index (χ4v) is 3.87. The molecule has 0 aliphatic heterocycles. The molecule has 0 N–H and O–H groups in total. The standard InChI is InChI=1S/C25H24O.CH4.H2/c1-17-3-6-23(15-17)21-7-4-19(5-8-21)16-24-12-11-22-10-9-20(18(2)26)13-14-25(22)24;;/h3-10,12,14-15,17H,11,13,16H2,1-2H3;1H4;1H. The van der Waals surface area contributed by atoms with Crippen molar-refractivity contribution in [2.45, 2.75) is 40.5 Å². The summed E-state index contributed by atoms with van der Waals surface area (Å²) in [6.45, 7) is 3.86. The van der Waals surface area contributed by atoms with Gasteiger partial charge in [0.25, 0.3) is 0 Å². The third-order valence-corrected chi connectivity index (χ3v) is 5.43. The molecule has 0 heterocycles. The summed E-state index contributed by atoms with van der Waals surface area (Å²) in [5.41, 5.74) is 8.90. The van der Waals surface area contributed by atoms with Crippen molar-refractivity contribution >= 4 is 11.4 Å². The van der Waals surface area contributed by atoms with Crippen molar-refractivity contribution < 1.29 is 6.22 Å². The molecule has 0 saturated carbocycles. The van der Waals surface area contributed by atoms with Crippen molar-refractivity contribution in [2.24, 2.45) is 5.92 Å². The van der Waals surface area contributed by atoms with E-state index in [9.17, 15) is 4.79 Å². The fraction of sp³-hybridized carbons (Fsp3) is 0.269. The van der Waals surface area contributed by atoms with E-state index in [1.807, 2.05) is 6.08 Å². The smallest absolute Gasteiger partial charge is 0.156 e. The largest absolute Gasteiger partial charge is 0.295 e. The van der Waals surface area contributed by atoms with Gasteiger partial charge in [0.1, 0.15) is 0 Å². The van der Waals surface area contributed by atoms with Crippen molar-refractivity contribution in [3.8, 4) is 0 Å². The molecule has 0 bridgehead atoms. The maximum absolute atomic E-state index is 11.7. The highest BCUT2D eigenvalue weighted by Gasteiger charge is 2.19. The minimum Gasteiger partial charge on any atom is -0.295 e. The van der Waals surface area contributed by atoms with Gasteiger partial charge < -0.3 is 0 Å². The molecule has 1 heteroatoms. The Labute approximate surface area is 164 Å². The minimum atomic E-state index is 0. The Bertz CT molecular complexity index is 933. The van der Waals surface area contributed by atoms with Crippen LogP contribution in [0.1, 0.15) is 46.7 Å². The SMILES string of the molecule is C.CC(=O)C1=CC=C2CC=C(Cc3ccc(C4=CC(C)C=C4)cc3)C2=CC1.[HH]. The molecule has 0 spiro atoms. The zero-order chi connectivity index (χ0) is 18.1. The molecule has 0 fully saturated rings. The van der Waals surface area contributed by atoms with Gasteiger partial charge in [-0.1, -0.05) is 81.1 Å². The van der Waals surface area contributed by atoms with Crippen LogP contribution in [0.15, 0.2) is 89.1 Å². The quantitative estimate of drug-likeness (QED) is 0.578. The number of benzene rings is 1. The van der Waals surface area contributed by atoms with Crippen LogP contribution in [-0.2, 0) is 11.2 Å². The lowest BCUT2D eigenvalue weighted by Crippen LogP contribution is -1.95. The van der Waals surface area contributed by atoms with E-state index in [1.54, 1.807) is 6.92 Å². The normalized spacial score (nSPS) is 20.5. The molecule has 1 aromatic carbocycles. The average Bonchev–Trinajstić information content (AvgIpc) is 3.15. The van der Waals surface area contributed by atoms with Crippen LogP contribution >= 0.6 is 0 Å². The fourth-order valence-electron chi connectivity index (χ4n) is 3.87. The zero-order valence-corrected chi connectivity index (χ0v) is 15.5. The Hall–Kier alpha value is -2.67. The molecule has 3 aliphatic carbocycles. The van der Waals surface area contributed by atoms with E-state index in [1.165, 1.54) is 33.4 Å². The van der Waals surface area contributed by atoms with Crippen LogP contribution in [0.25, 0.3) is 5.57 Å². The summed E-state index contributed by atoms with van der Waals surface area (Å²) >= 11 is 0. The molecule has 1 unspecified atom stereocenters. The molecule has 3 aliphatic rings. The number of hydrogen-bond donors (Lipinski definition) is 0. The molecule has 140 valence electrons. The van der Waals surface area contributed by atoms with E-state index in [4.69, 9.17) is 0 Å². The maximum atomic E-state index is 11.7. The number of allylic oxidation sites excluding steroid dienone is 12. The van der Waals surface area contributed by atoms with E-state index in [2.05, 4.69) is 67.6 Å². The second-order valence-electron chi connectivity index (χ2n) is 7.41. The second kappa shape index (κ2) is 7.92. The predicted octanol–water partition coefficient (Wildman–Crippen LogP) is 6.80. The summed E-state index contributed by atoms with van der Waals surface area (Å²) < 4.78 is 0. The summed E-state index contributed by atoms with van der Waals surface area (Å²) in [4.78, 5) is 11.7. The van der Waals surface area contributed by atoms with Crippen molar-refractivity contribution in [2.75, 3.05) is 0 Å². The monoisotopic (exact) mass is 358 g/mol. The Morgan fingerprint density at radius 2 is 1.89 bits per heavy atom. The predicted molar refractivity (Wildman–Crippen MR) is 118 cm³/mol.